The average molecular weight is 343 g/mol. The Morgan fingerprint density at radius 1 is 1.12 bits per heavy atom. The van der Waals surface area contributed by atoms with Crippen LogP contribution in [0.1, 0.15) is 10.5 Å². The van der Waals surface area contributed by atoms with Gasteiger partial charge < -0.3 is 10.1 Å². The van der Waals surface area contributed by atoms with Gasteiger partial charge in [0, 0.05) is 12.6 Å². The maximum atomic E-state index is 13.7. The van der Waals surface area contributed by atoms with E-state index >= 15 is 0 Å². The molecule has 3 rings (SSSR count). The summed E-state index contributed by atoms with van der Waals surface area (Å²) in [5, 5.41) is 6.34. The molecule has 0 fully saturated rings. The monoisotopic (exact) mass is 343 g/mol. The zero-order chi connectivity index (χ0) is 18.0. The topological polar surface area (TPSA) is 56.1 Å². The van der Waals surface area contributed by atoms with Crippen LogP contribution in [0.25, 0.3) is 11.3 Å². The van der Waals surface area contributed by atoms with E-state index in [1.165, 1.54) is 16.8 Å². The molecular weight excluding hydrogens is 328 g/mol. The highest BCUT2D eigenvalue weighted by molar-refractivity contribution is 6.03. The molecule has 1 aromatic heterocycles. The second-order valence-corrected chi connectivity index (χ2v) is 5.29. The van der Waals surface area contributed by atoms with Crippen LogP contribution in [0, 0.1) is 11.6 Å². The van der Waals surface area contributed by atoms with Crippen molar-refractivity contribution in [2.75, 3.05) is 12.4 Å². The number of aromatic nitrogens is 2. The van der Waals surface area contributed by atoms with Crippen LogP contribution in [0.15, 0.2) is 48.5 Å². The summed E-state index contributed by atoms with van der Waals surface area (Å²) in [6.07, 6.45) is 0. The molecule has 0 saturated carbocycles. The third-order valence-corrected chi connectivity index (χ3v) is 3.70. The van der Waals surface area contributed by atoms with Crippen LogP contribution in [0.3, 0.4) is 0 Å². The fraction of sp³-hybridized carbons (Fsp3) is 0.111. The highest BCUT2D eigenvalue weighted by Crippen LogP contribution is 2.30. The molecule has 3 aromatic rings. The van der Waals surface area contributed by atoms with Gasteiger partial charge in [-0.05, 0) is 30.3 Å². The highest BCUT2D eigenvalue weighted by Gasteiger charge is 2.19. The van der Waals surface area contributed by atoms with Gasteiger partial charge >= 0.3 is 0 Å². The molecule has 0 unspecified atom stereocenters. The molecule has 5 nitrogen and oxygen atoms in total. The Bertz CT molecular complexity index is 918. The lowest BCUT2D eigenvalue weighted by molar-refractivity contribution is 0.102. The Balaban J connectivity index is 1.93. The van der Waals surface area contributed by atoms with E-state index in [0.29, 0.717) is 11.4 Å². The van der Waals surface area contributed by atoms with Crippen molar-refractivity contribution in [2.24, 2.45) is 7.05 Å². The fourth-order valence-electron chi connectivity index (χ4n) is 2.48. The van der Waals surface area contributed by atoms with Crippen LogP contribution in [-0.2, 0) is 7.05 Å². The Labute approximate surface area is 142 Å². The van der Waals surface area contributed by atoms with Gasteiger partial charge in [0.25, 0.3) is 5.91 Å². The van der Waals surface area contributed by atoms with Gasteiger partial charge in [0.05, 0.1) is 12.8 Å². The molecule has 0 atom stereocenters. The molecule has 1 heterocycles. The van der Waals surface area contributed by atoms with Crippen LogP contribution in [-0.4, -0.2) is 22.8 Å². The van der Waals surface area contributed by atoms with E-state index in [0.717, 1.165) is 17.7 Å². The van der Waals surface area contributed by atoms with Crippen LogP contribution in [0.5, 0.6) is 5.75 Å². The number of nitrogens with zero attached hydrogens (tertiary/aromatic N) is 2. The van der Waals surface area contributed by atoms with E-state index in [-0.39, 0.29) is 5.69 Å². The molecule has 1 amide bonds. The summed E-state index contributed by atoms with van der Waals surface area (Å²) in [4.78, 5) is 12.3. The second-order valence-electron chi connectivity index (χ2n) is 5.29. The summed E-state index contributed by atoms with van der Waals surface area (Å²) < 4.78 is 34.2. The largest absolute Gasteiger partial charge is 0.496 e. The SMILES string of the molecule is COc1ccccc1-c1cc(C(=O)Nc2c(F)cccc2F)nn1C. The minimum atomic E-state index is -0.853. The molecular formula is C18H15F2N3O2. The minimum absolute atomic E-state index is 0.0334. The van der Waals surface area contributed by atoms with E-state index < -0.39 is 23.2 Å². The predicted molar refractivity (Wildman–Crippen MR) is 89.5 cm³/mol. The number of halogens is 2. The molecule has 1 N–H and O–H groups in total. The van der Waals surface area contributed by atoms with Gasteiger partial charge in [-0.15, -0.1) is 0 Å². The van der Waals surface area contributed by atoms with Gasteiger partial charge in [-0.25, -0.2) is 8.78 Å². The number of rotatable bonds is 4. The number of hydrogen-bond acceptors (Lipinski definition) is 3. The third-order valence-electron chi connectivity index (χ3n) is 3.70. The Hall–Kier alpha value is -3.22. The first-order valence-electron chi connectivity index (χ1n) is 7.44. The number of nitrogens with one attached hydrogen (secondary N) is 1. The minimum Gasteiger partial charge on any atom is -0.496 e. The number of hydrogen-bond donors (Lipinski definition) is 1. The van der Waals surface area contributed by atoms with Crippen molar-refractivity contribution in [3.63, 3.8) is 0 Å². The highest BCUT2D eigenvalue weighted by atomic mass is 19.1. The van der Waals surface area contributed by atoms with Gasteiger partial charge in [0.2, 0.25) is 0 Å². The van der Waals surface area contributed by atoms with Crippen molar-refractivity contribution < 1.29 is 18.3 Å². The van der Waals surface area contributed by atoms with Crippen LogP contribution in [0.4, 0.5) is 14.5 Å². The van der Waals surface area contributed by atoms with Crippen molar-refractivity contribution in [1.29, 1.82) is 0 Å². The number of aryl methyl sites for hydroxylation is 1. The summed E-state index contributed by atoms with van der Waals surface area (Å²) in [5.41, 5.74) is 0.913. The molecule has 0 aliphatic rings. The van der Waals surface area contributed by atoms with Gasteiger partial charge in [-0.2, -0.15) is 5.10 Å². The van der Waals surface area contributed by atoms with Gasteiger partial charge in [-0.1, -0.05) is 18.2 Å². The van der Waals surface area contributed by atoms with Crippen LogP contribution >= 0.6 is 0 Å². The first kappa shape index (κ1) is 16.6. The summed E-state index contributed by atoms with van der Waals surface area (Å²) in [5.74, 6) is -1.79. The molecule has 0 spiro atoms. The summed E-state index contributed by atoms with van der Waals surface area (Å²) in [6.45, 7) is 0. The Kier molecular flexibility index (Phi) is 4.47. The van der Waals surface area contributed by atoms with Crippen LogP contribution in [0.2, 0.25) is 0 Å². The quantitative estimate of drug-likeness (QED) is 0.787. The second kappa shape index (κ2) is 6.72. The molecule has 0 radical (unpaired) electrons. The van der Waals surface area contributed by atoms with E-state index in [1.54, 1.807) is 20.2 Å². The number of benzene rings is 2. The smallest absolute Gasteiger partial charge is 0.276 e. The fourth-order valence-corrected chi connectivity index (χ4v) is 2.48. The van der Waals surface area contributed by atoms with E-state index in [9.17, 15) is 13.6 Å². The predicted octanol–water partition coefficient (Wildman–Crippen LogP) is 3.63. The third kappa shape index (κ3) is 3.21. The average Bonchev–Trinajstić information content (AvgIpc) is 3.00. The van der Waals surface area contributed by atoms with E-state index in [1.807, 2.05) is 18.2 Å². The first-order valence-corrected chi connectivity index (χ1v) is 7.44. The molecule has 0 bridgehead atoms. The van der Waals surface area contributed by atoms with E-state index in [4.69, 9.17) is 4.74 Å². The zero-order valence-electron chi connectivity index (χ0n) is 13.6. The number of ether oxygens (including phenoxy) is 1. The van der Waals surface area contributed by atoms with Crippen LogP contribution < -0.4 is 10.1 Å². The molecule has 0 aliphatic carbocycles. The standard InChI is InChI=1S/C18H15F2N3O2/c1-23-15(11-6-3-4-9-16(11)25-2)10-14(22-23)18(24)21-17-12(19)7-5-8-13(17)20/h3-10H,1-2H3,(H,21,24). The number of para-hydroxylation sites is 2. The summed E-state index contributed by atoms with van der Waals surface area (Å²) >= 11 is 0. The lowest BCUT2D eigenvalue weighted by Gasteiger charge is -2.07. The van der Waals surface area contributed by atoms with Gasteiger partial charge in [0.1, 0.15) is 23.1 Å². The molecule has 0 saturated heterocycles. The first-order chi connectivity index (χ1) is 12.0. The maximum absolute atomic E-state index is 13.7. The number of carbonyl (C=O) groups is 1. The Morgan fingerprint density at radius 2 is 1.80 bits per heavy atom. The van der Waals surface area contributed by atoms with Crippen molar-refractivity contribution in [3.05, 3.63) is 65.9 Å². The van der Waals surface area contributed by atoms with E-state index in [2.05, 4.69) is 10.4 Å². The molecule has 25 heavy (non-hydrogen) atoms. The number of anilines is 1. The van der Waals surface area contributed by atoms with Crippen molar-refractivity contribution in [1.82, 2.24) is 9.78 Å². The number of methoxy groups -OCH3 is 1. The van der Waals surface area contributed by atoms with Gasteiger partial charge in [-0.3, -0.25) is 9.48 Å². The van der Waals surface area contributed by atoms with Crippen molar-refractivity contribution in [3.8, 4) is 17.0 Å². The number of carbonyl (C=O) groups excluding carboxylic acids is 1. The maximum Gasteiger partial charge on any atom is 0.276 e. The van der Waals surface area contributed by atoms with Crippen molar-refractivity contribution in [2.45, 2.75) is 0 Å². The van der Waals surface area contributed by atoms with Crippen molar-refractivity contribution >= 4 is 11.6 Å². The lowest BCUT2D eigenvalue weighted by atomic mass is 10.1. The molecule has 0 aliphatic heterocycles. The number of amides is 1. The summed E-state index contributed by atoms with van der Waals surface area (Å²) in [6, 6.07) is 12.2. The molecule has 7 heteroatoms. The van der Waals surface area contributed by atoms with Gasteiger partial charge in [0.15, 0.2) is 5.69 Å². The summed E-state index contributed by atoms with van der Waals surface area (Å²) in [7, 11) is 3.21. The molecule has 2 aromatic carbocycles. The lowest BCUT2D eigenvalue weighted by Crippen LogP contribution is -2.15. The molecule has 128 valence electrons. The zero-order valence-corrected chi connectivity index (χ0v) is 13.6. The normalized spacial score (nSPS) is 10.6. The Morgan fingerprint density at radius 3 is 2.48 bits per heavy atom.